The van der Waals surface area contributed by atoms with Crippen LogP contribution in [-0.2, 0) is 22.7 Å². The molecule has 0 heterocycles. The molecule has 5 nitrogen and oxygen atoms in total. The minimum Gasteiger partial charge on any atom is -0.396 e. The first-order valence-corrected chi connectivity index (χ1v) is 12.0. The van der Waals surface area contributed by atoms with E-state index in [1.54, 1.807) is 0 Å². The van der Waals surface area contributed by atoms with Crippen LogP contribution in [0.15, 0.2) is 72.8 Å². The summed E-state index contributed by atoms with van der Waals surface area (Å²) in [5.74, 6) is 5.63. The summed E-state index contributed by atoms with van der Waals surface area (Å²) >= 11 is 0. The maximum absolute atomic E-state index is 14.3. The summed E-state index contributed by atoms with van der Waals surface area (Å²) in [5.41, 5.74) is 8.01. The van der Waals surface area contributed by atoms with E-state index in [0.29, 0.717) is 24.5 Å². The third-order valence-corrected chi connectivity index (χ3v) is 5.59. The number of aliphatic hydroxyl groups is 1. The molecule has 4 N–H and O–H groups in total. The number of nitrogens with one attached hydrogen (secondary N) is 1. The molecule has 0 fully saturated rings. The zero-order chi connectivity index (χ0) is 26.9. The maximum atomic E-state index is 14.3. The standard InChI is InChI=1S/C29H31B2FN2O3/c1-28(2,20-36-18-21-9-5-3-6-10-21)14-13-23-15-25(33)24(32)16-26(23)34-17-27(35)29(30,31)37-19-22-11-7-4-8-12-22/h3-12,15-16,27,34-35H,17-20,33H2,1-2H3. The van der Waals surface area contributed by atoms with Crippen LogP contribution in [0, 0.1) is 23.1 Å². The van der Waals surface area contributed by atoms with Crippen molar-refractivity contribution in [1.82, 2.24) is 0 Å². The molecule has 1 atom stereocenters. The second-order valence-corrected chi connectivity index (χ2v) is 9.56. The Morgan fingerprint density at radius 1 is 1.00 bits per heavy atom. The van der Waals surface area contributed by atoms with Crippen LogP contribution in [0.2, 0.25) is 0 Å². The zero-order valence-corrected chi connectivity index (χ0v) is 21.2. The van der Waals surface area contributed by atoms with Crippen LogP contribution in [0.5, 0.6) is 0 Å². The van der Waals surface area contributed by atoms with Gasteiger partial charge in [-0.25, -0.2) is 4.39 Å². The summed E-state index contributed by atoms with van der Waals surface area (Å²) < 4.78 is 25.6. The van der Waals surface area contributed by atoms with Gasteiger partial charge in [-0.15, -0.1) is 0 Å². The summed E-state index contributed by atoms with van der Waals surface area (Å²) in [6.07, 6.45) is -1.31. The van der Waals surface area contributed by atoms with Gasteiger partial charge in [-0.2, -0.15) is 0 Å². The Morgan fingerprint density at radius 2 is 1.59 bits per heavy atom. The lowest BCUT2D eigenvalue weighted by Crippen LogP contribution is -2.49. The molecule has 0 aromatic heterocycles. The Labute approximate surface area is 221 Å². The number of ether oxygens (including phenoxy) is 2. The number of hydrogen-bond donors (Lipinski definition) is 3. The number of halogens is 1. The molecular formula is C29H31B2FN2O3. The van der Waals surface area contributed by atoms with Crippen LogP contribution < -0.4 is 11.1 Å². The number of hydrogen-bond acceptors (Lipinski definition) is 5. The molecule has 0 amide bonds. The zero-order valence-electron chi connectivity index (χ0n) is 21.2. The second-order valence-electron chi connectivity index (χ2n) is 9.56. The molecule has 0 spiro atoms. The molecule has 3 aromatic rings. The minimum atomic E-state index is -1.83. The van der Waals surface area contributed by atoms with E-state index in [9.17, 15) is 9.50 Å². The van der Waals surface area contributed by atoms with E-state index in [4.69, 9.17) is 30.9 Å². The van der Waals surface area contributed by atoms with Crippen LogP contribution in [0.25, 0.3) is 0 Å². The number of nitrogen functional groups attached to an aromatic ring is 1. The van der Waals surface area contributed by atoms with Gasteiger partial charge in [0.1, 0.15) is 21.5 Å². The van der Waals surface area contributed by atoms with E-state index in [0.717, 1.165) is 11.1 Å². The molecule has 3 aromatic carbocycles. The maximum Gasteiger partial charge on any atom is 0.148 e. The molecule has 0 aliphatic heterocycles. The monoisotopic (exact) mass is 496 g/mol. The molecule has 3 rings (SSSR count). The van der Waals surface area contributed by atoms with Crippen molar-refractivity contribution in [1.29, 1.82) is 0 Å². The Hall–Kier alpha value is -3.24. The molecular weight excluding hydrogens is 465 g/mol. The molecule has 0 saturated carbocycles. The number of anilines is 2. The fourth-order valence-electron chi connectivity index (χ4n) is 3.36. The summed E-state index contributed by atoms with van der Waals surface area (Å²) in [6.45, 7) is 4.80. The van der Waals surface area contributed by atoms with Gasteiger partial charge in [0.2, 0.25) is 0 Å². The first-order chi connectivity index (χ1) is 17.6. The summed E-state index contributed by atoms with van der Waals surface area (Å²) in [5, 5.41) is 11.7. The van der Waals surface area contributed by atoms with Crippen molar-refractivity contribution in [3.63, 3.8) is 0 Å². The predicted molar refractivity (Wildman–Crippen MR) is 148 cm³/mol. The number of aliphatic hydroxyl groups excluding tert-OH is 1. The van der Waals surface area contributed by atoms with E-state index in [2.05, 4.69) is 17.2 Å². The SMILES string of the molecule is [B]C([B])(OCc1ccccc1)C(O)CNc1cc(F)c(N)cc1C#CC(C)(C)COCc1ccccc1. The smallest absolute Gasteiger partial charge is 0.148 e. The lowest BCUT2D eigenvalue weighted by molar-refractivity contribution is -0.0207. The first-order valence-electron chi connectivity index (χ1n) is 12.0. The lowest BCUT2D eigenvalue weighted by Gasteiger charge is -2.32. The molecule has 1 unspecified atom stereocenters. The van der Waals surface area contributed by atoms with Crippen molar-refractivity contribution >= 4 is 27.1 Å². The van der Waals surface area contributed by atoms with E-state index >= 15 is 0 Å². The van der Waals surface area contributed by atoms with Gasteiger partial charge >= 0.3 is 0 Å². The topological polar surface area (TPSA) is 76.7 Å². The molecule has 8 heteroatoms. The summed E-state index contributed by atoms with van der Waals surface area (Å²) in [6, 6.07) is 21.9. The van der Waals surface area contributed by atoms with Gasteiger partial charge in [-0.1, -0.05) is 72.5 Å². The van der Waals surface area contributed by atoms with Gasteiger partial charge in [0.05, 0.1) is 37.3 Å². The third-order valence-electron chi connectivity index (χ3n) is 5.59. The van der Waals surface area contributed by atoms with Gasteiger partial charge in [0.15, 0.2) is 0 Å². The fraction of sp³-hybridized carbons (Fsp3) is 0.310. The van der Waals surface area contributed by atoms with Gasteiger partial charge < -0.3 is 25.6 Å². The average Bonchev–Trinajstić information content (AvgIpc) is 2.88. The minimum absolute atomic E-state index is 0.0354. The summed E-state index contributed by atoms with van der Waals surface area (Å²) in [7, 11) is 12.0. The number of benzene rings is 3. The quantitative estimate of drug-likeness (QED) is 0.213. The Kier molecular flexibility index (Phi) is 9.82. The molecule has 37 heavy (non-hydrogen) atoms. The van der Waals surface area contributed by atoms with E-state index in [-0.39, 0.29) is 18.8 Å². The lowest BCUT2D eigenvalue weighted by atomic mass is 9.61. The van der Waals surface area contributed by atoms with Gasteiger partial charge in [0.25, 0.3) is 0 Å². The predicted octanol–water partition coefficient (Wildman–Crippen LogP) is 3.98. The molecule has 0 saturated heterocycles. The fourth-order valence-corrected chi connectivity index (χ4v) is 3.36. The Morgan fingerprint density at radius 3 is 2.22 bits per heavy atom. The Bertz CT molecular complexity index is 1210. The van der Waals surface area contributed by atoms with Crippen molar-refractivity contribution in [2.45, 2.75) is 38.6 Å². The molecule has 4 radical (unpaired) electrons. The van der Waals surface area contributed by atoms with Crippen molar-refractivity contribution in [2.24, 2.45) is 5.41 Å². The highest BCUT2D eigenvalue weighted by Gasteiger charge is 2.27. The number of nitrogens with two attached hydrogens (primary N) is 1. The molecule has 0 aliphatic carbocycles. The highest BCUT2D eigenvalue weighted by molar-refractivity contribution is 6.39. The van der Waals surface area contributed by atoms with Gasteiger partial charge in [-0.05, 0) is 31.0 Å². The molecule has 188 valence electrons. The van der Waals surface area contributed by atoms with Crippen molar-refractivity contribution in [3.8, 4) is 11.8 Å². The molecule has 0 bridgehead atoms. The van der Waals surface area contributed by atoms with Crippen molar-refractivity contribution in [2.75, 3.05) is 24.2 Å². The number of rotatable bonds is 11. The van der Waals surface area contributed by atoms with Crippen LogP contribution in [0.3, 0.4) is 0 Å². The van der Waals surface area contributed by atoms with Crippen molar-refractivity contribution < 1.29 is 19.0 Å². The van der Waals surface area contributed by atoms with Gasteiger partial charge in [0, 0.05) is 29.0 Å². The van der Waals surface area contributed by atoms with Crippen LogP contribution in [-0.4, -0.2) is 45.5 Å². The third kappa shape index (κ3) is 8.98. The molecule has 0 aliphatic rings. The Balaban J connectivity index is 1.64. The van der Waals surface area contributed by atoms with Gasteiger partial charge in [-0.3, -0.25) is 0 Å². The normalized spacial score (nSPS) is 12.4. The van der Waals surface area contributed by atoms with Crippen LogP contribution in [0.1, 0.15) is 30.5 Å². The second kappa shape index (κ2) is 12.8. The van der Waals surface area contributed by atoms with Crippen molar-refractivity contribution in [3.05, 3.63) is 95.3 Å². The highest BCUT2D eigenvalue weighted by atomic mass is 19.1. The van der Waals surface area contributed by atoms with Crippen LogP contribution in [0.4, 0.5) is 15.8 Å². The summed E-state index contributed by atoms with van der Waals surface area (Å²) in [4.78, 5) is 0. The first kappa shape index (κ1) is 28.3. The average molecular weight is 496 g/mol. The van der Waals surface area contributed by atoms with Crippen LogP contribution >= 0.6 is 0 Å². The van der Waals surface area contributed by atoms with E-state index < -0.39 is 22.7 Å². The largest absolute Gasteiger partial charge is 0.396 e. The van der Waals surface area contributed by atoms with E-state index in [1.807, 2.05) is 74.5 Å². The highest BCUT2D eigenvalue weighted by Crippen LogP contribution is 2.24. The van der Waals surface area contributed by atoms with E-state index in [1.165, 1.54) is 12.1 Å².